The minimum atomic E-state index is -0.157. The number of ether oxygens (including phenoxy) is 2. The number of likely N-dealkylation sites (N-methyl/N-ethyl adjacent to an activating group) is 1. The van der Waals surface area contributed by atoms with Gasteiger partial charge in [0.05, 0.1) is 26.8 Å². The van der Waals surface area contributed by atoms with Crippen molar-refractivity contribution in [2.24, 2.45) is 0 Å². The van der Waals surface area contributed by atoms with Crippen molar-refractivity contribution in [2.75, 3.05) is 27.8 Å². The summed E-state index contributed by atoms with van der Waals surface area (Å²) in [6.45, 7) is 2.74. The van der Waals surface area contributed by atoms with Crippen LogP contribution in [0.25, 0.3) is 0 Å². The van der Waals surface area contributed by atoms with Crippen molar-refractivity contribution in [3.05, 3.63) is 58.6 Å². The molecule has 5 nitrogen and oxygen atoms in total. The van der Waals surface area contributed by atoms with Gasteiger partial charge in [-0.1, -0.05) is 41.9 Å². The number of carbonyl (C=O) groups excluding carboxylic acids is 1. The second-order valence-corrected chi connectivity index (χ2v) is 6.54. The fourth-order valence-corrected chi connectivity index (χ4v) is 3.16. The Kier molecular flexibility index (Phi) is 7.30. The Labute approximate surface area is 159 Å². The molecule has 0 aliphatic carbocycles. The summed E-state index contributed by atoms with van der Waals surface area (Å²) in [4.78, 5) is 14.3. The van der Waals surface area contributed by atoms with Crippen LogP contribution in [-0.2, 0) is 11.3 Å². The first-order chi connectivity index (χ1) is 12.5. The number of halogens is 1. The Bertz CT molecular complexity index is 752. The molecule has 0 heterocycles. The van der Waals surface area contributed by atoms with Crippen LogP contribution in [0, 0.1) is 0 Å². The van der Waals surface area contributed by atoms with Gasteiger partial charge in [-0.05, 0) is 31.7 Å². The lowest BCUT2D eigenvalue weighted by molar-refractivity contribution is -0.122. The molecule has 0 saturated heterocycles. The number of nitrogens with zero attached hydrogens (tertiary/aromatic N) is 1. The van der Waals surface area contributed by atoms with Crippen molar-refractivity contribution >= 4 is 17.5 Å². The predicted molar refractivity (Wildman–Crippen MR) is 104 cm³/mol. The summed E-state index contributed by atoms with van der Waals surface area (Å²) in [5.74, 6) is 1.30. The van der Waals surface area contributed by atoms with E-state index in [0.717, 1.165) is 11.1 Å². The van der Waals surface area contributed by atoms with Crippen molar-refractivity contribution in [1.29, 1.82) is 0 Å². The van der Waals surface area contributed by atoms with Crippen LogP contribution in [-0.4, -0.2) is 38.6 Å². The molecular formula is C20H25ClN2O3. The summed E-state index contributed by atoms with van der Waals surface area (Å²) < 4.78 is 10.8. The standard InChI is InChI=1S/C20H25ClN2O3/c1-14(16-9-5-6-10-17(16)21)22-19(24)13-23(2)12-15-8-7-11-18(25-3)20(15)26-4/h5-11,14H,12-13H2,1-4H3,(H,22,24). The molecule has 2 aromatic rings. The molecule has 1 N–H and O–H groups in total. The van der Waals surface area contributed by atoms with Crippen molar-refractivity contribution in [3.63, 3.8) is 0 Å². The van der Waals surface area contributed by atoms with Gasteiger partial charge in [0.2, 0.25) is 5.91 Å². The van der Waals surface area contributed by atoms with Crippen molar-refractivity contribution in [3.8, 4) is 11.5 Å². The van der Waals surface area contributed by atoms with Crippen LogP contribution in [0.5, 0.6) is 11.5 Å². The van der Waals surface area contributed by atoms with Crippen LogP contribution >= 0.6 is 11.6 Å². The molecule has 0 bridgehead atoms. The van der Waals surface area contributed by atoms with Crippen molar-refractivity contribution < 1.29 is 14.3 Å². The Hall–Kier alpha value is -2.24. The third-order valence-corrected chi connectivity index (χ3v) is 4.43. The zero-order valence-corrected chi connectivity index (χ0v) is 16.3. The lowest BCUT2D eigenvalue weighted by Gasteiger charge is -2.21. The minimum absolute atomic E-state index is 0.0678. The summed E-state index contributed by atoms with van der Waals surface area (Å²) in [5, 5.41) is 3.63. The maximum Gasteiger partial charge on any atom is 0.234 e. The first kappa shape index (κ1) is 20.1. The molecule has 1 unspecified atom stereocenters. The Morgan fingerprint density at radius 3 is 2.54 bits per heavy atom. The van der Waals surface area contributed by atoms with E-state index in [1.165, 1.54) is 0 Å². The quantitative estimate of drug-likeness (QED) is 0.763. The number of carbonyl (C=O) groups is 1. The number of hydrogen-bond donors (Lipinski definition) is 1. The van der Waals surface area contributed by atoms with Crippen molar-refractivity contribution in [1.82, 2.24) is 10.2 Å². The van der Waals surface area contributed by atoms with Crippen LogP contribution in [0.3, 0.4) is 0 Å². The molecule has 0 spiro atoms. The number of methoxy groups -OCH3 is 2. The first-order valence-electron chi connectivity index (χ1n) is 8.38. The van der Waals surface area contributed by atoms with E-state index in [1.54, 1.807) is 14.2 Å². The minimum Gasteiger partial charge on any atom is -0.493 e. The molecule has 2 aromatic carbocycles. The van der Waals surface area contributed by atoms with E-state index in [0.29, 0.717) is 23.1 Å². The Morgan fingerprint density at radius 2 is 1.88 bits per heavy atom. The third-order valence-electron chi connectivity index (χ3n) is 4.09. The maximum atomic E-state index is 12.4. The van der Waals surface area contributed by atoms with Crippen LogP contribution in [0.1, 0.15) is 24.1 Å². The fraction of sp³-hybridized carbons (Fsp3) is 0.350. The molecule has 6 heteroatoms. The highest BCUT2D eigenvalue weighted by atomic mass is 35.5. The van der Waals surface area contributed by atoms with Crippen molar-refractivity contribution in [2.45, 2.75) is 19.5 Å². The molecule has 2 rings (SSSR count). The summed E-state index contributed by atoms with van der Waals surface area (Å²) in [6, 6.07) is 13.1. The molecule has 0 aliphatic rings. The molecule has 0 fully saturated rings. The van der Waals surface area contributed by atoms with E-state index in [-0.39, 0.29) is 18.5 Å². The highest BCUT2D eigenvalue weighted by Crippen LogP contribution is 2.31. The third kappa shape index (κ3) is 5.13. The SMILES string of the molecule is COc1cccc(CN(C)CC(=O)NC(C)c2ccccc2Cl)c1OC. The molecule has 140 valence electrons. The van der Waals surface area contributed by atoms with Gasteiger partial charge in [0.25, 0.3) is 0 Å². The van der Waals surface area contributed by atoms with Gasteiger partial charge in [-0.2, -0.15) is 0 Å². The Balaban J connectivity index is 1.96. The zero-order valence-electron chi connectivity index (χ0n) is 15.6. The van der Waals surface area contributed by atoms with Gasteiger partial charge in [0.15, 0.2) is 11.5 Å². The molecule has 0 aromatic heterocycles. The molecule has 26 heavy (non-hydrogen) atoms. The summed E-state index contributed by atoms with van der Waals surface area (Å²) >= 11 is 6.19. The topological polar surface area (TPSA) is 50.8 Å². The second-order valence-electron chi connectivity index (χ2n) is 6.14. The van der Waals surface area contributed by atoms with Gasteiger partial charge in [0.1, 0.15) is 0 Å². The summed E-state index contributed by atoms with van der Waals surface area (Å²) in [7, 11) is 5.10. The number of nitrogens with one attached hydrogen (secondary N) is 1. The summed E-state index contributed by atoms with van der Waals surface area (Å²) in [5.41, 5.74) is 1.86. The van der Waals surface area contributed by atoms with E-state index >= 15 is 0 Å². The largest absolute Gasteiger partial charge is 0.493 e. The number of rotatable bonds is 8. The number of para-hydroxylation sites is 1. The van der Waals surface area contributed by atoms with Gasteiger partial charge in [-0.25, -0.2) is 0 Å². The van der Waals surface area contributed by atoms with Gasteiger partial charge >= 0.3 is 0 Å². The van der Waals surface area contributed by atoms with Gasteiger partial charge in [0, 0.05) is 17.1 Å². The number of benzene rings is 2. The monoisotopic (exact) mass is 376 g/mol. The van der Waals surface area contributed by atoms with Gasteiger partial charge < -0.3 is 14.8 Å². The number of amides is 1. The van der Waals surface area contributed by atoms with Gasteiger partial charge in [-0.3, -0.25) is 9.69 Å². The lowest BCUT2D eigenvalue weighted by atomic mass is 10.1. The highest BCUT2D eigenvalue weighted by Gasteiger charge is 2.16. The molecule has 1 amide bonds. The highest BCUT2D eigenvalue weighted by molar-refractivity contribution is 6.31. The lowest BCUT2D eigenvalue weighted by Crippen LogP contribution is -2.36. The van der Waals surface area contributed by atoms with Crippen LogP contribution in [0.15, 0.2) is 42.5 Å². The molecule has 0 saturated carbocycles. The smallest absolute Gasteiger partial charge is 0.234 e. The van der Waals surface area contributed by atoms with Crippen LogP contribution in [0.4, 0.5) is 0 Å². The average molecular weight is 377 g/mol. The van der Waals surface area contributed by atoms with Gasteiger partial charge in [-0.15, -0.1) is 0 Å². The predicted octanol–water partition coefficient (Wildman–Crippen LogP) is 3.67. The zero-order chi connectivity index (χ0) is 19.1. The normalized spacial score (nSPS) is 11.9. The Morgan fingerprint density at radius 1 is 1.15 bits per heavy atom. The summed E-state index contributed by atoms with van der Waals surface area (Å²) in [6.07, 6.45) is 0. The van der Waals surface area contributed by atoms with E-state index < -0.39 is 0 Å². The van der Waals surface area contributed by atoms with Crippen LogP contribution < -0.4 is 14.8 Å². The van der Waals surface area contributed by atoms with E-state index in [2.05, 4.69) is 5.32 Å². The molecular weight excluding hydrogens is 352 g/mol. The molecule has 0 radical (unpaired) electrons. The van der Waals surface area contributed by atoms with E-state index in [9.17, 15) is 4.79 Å². The second kappa shape index (κ2) is 9.46. The maximum absolute atomic E-state index is 12.4. The van der Waals surface area contributed by atoms with E-state index in [4.69, 9.17) is 21.1 Å². The molecule has 1 atom stereocenters. The van der Waals surface area contributed by atoms with E-state index in [1.807, 2.05) is 61.3 Å². The fourth-order valence-electron chi connectivity index (χ4n) is 2.86. The first-order valence-corrected chi connectivity index (χ1v) is 8.76. The average Bonchev–Trinajstić information content (AvgIpc) is 2.61. The number of hydrogen-bond acceptors (Lipinski definition) is 4. The van der Waals surface area contributed by atoms with Crippen LogP contribution in [0.2, 0.25) is 5.02 Å². The molecule has 0 aliphatic heterocycles.